The molecule has 1 saturated heterocycles. The summed E-state index contributed by atoms with van der Waals surface area (Å²) in [5.74, 6) is 0.524. The highest BCUT2D eigenvalue weighted by atomic mass is 79.9. The van der Waals surface area contributed by atoms with Crippen LogP contribution in [0, 0.1) is 11.8 Å². The van der Waals surface area contributed by atoms with E-state index < -0.39 is 22.9 Å². The third kappa shape index (κ3) is 7.89. The minimum atomic E-state index is -1.96. The molecular formula is C30H51BrO4Si2. The smallest absolute Gasteiger partial charge is 0.192 e. The zero-order valence-corrected chi connectivity index (χ0v) is 28.4. The summed E-state index contributed by atoms with van der Waals surface area (Å²) in [4.78, 5) is 0. The molecule has 0 bridgehead atoms. The van der Waals surface area contributed by atoms with Crippen molar-refractivity contribution in [3.8, 4) is 0 Å². The molecule has 1 heterocycles. The van der Waals surface area contributed by atoms with Gasteiger partial charge in [0, 0.05) is 16.8 Å². The summed E-state index contributed by atoms with van der Waals surface area (Å²) in [5, 5.41) is 10.5. The fourth-order valence-electron chi connectivity index (χ4n) is 4.95. The average molecular weight is 612 g/mol. The van der Waals surface area contributed by atoms with Crippen LogP contribution in [0.2, 0.25) is 36.3 Å². The lowest BCUT2D eigenvalue weighted by molar-refractivity contribution is -0.0945. The number of halogens is 1. The molecule has 1 saturated carbocycles. The van der Waals surface area contributed by atoms with E-state index in [0.29, 0.717) is 12.3 Å². The van der Waals surface area contributed by atoms with Gasteiger partial charge in [-0.05, 0) is 79.1 Å². The van der Waals surface area contributed by atoms with Crippen molar-refractivity contribution in [2.45, 2.75) is 128 Å². The van der Waals surface area contributed by atoms with Crippen molar-refractivity contribution in [1.29, 1.82) is 0 Å². The van der Waals surface area contributed by atoms with Crippen LogP contribution in [-0.4, -0.2) is 46.3 Å². The summed E-state index contributed by atoms with van der Waals surface area (Å²) >= 11 is 3.55. The maximum absolute atomic E-state index is 10.2. The van der Waals surface area contributed by atoms with E-state index in [4.69, 9.17) is 13.6 Å². The first-order valence-corrected chi connectivity index (χ1v) is 20.6. The normalized spacial score (nSPS) is 28.2. The molecule has 3 rings (SSSR count). The fraction of sp³-hybridized carbons (Fsp3) is 0.733. The van der Waals surface area contributed by atoms with E-state index in [1.807, 2.05) is 0 Å². The van der Waals surface area contributed by atoms with Crippen LogP contribution in [0.4, 0.5) is 0 Å². The van der Waals surface area contributed by atoms with E-state index in [1.54, 1.807) is 0 Å². The van der Waals surface area contributed by atoms with Crippen molar-refractivity contribution in [3.63, 3.8) is 0 Å². The van der Waals surface area contributed by atoms with Gasteiger partial charge >= 0.3 is 0 Å². The molecule has 1 unspecified atom stereocenters. The second-order valence-corrected chi connectivity index (χ2v) is 24.7. The lowest BCUT2D eigenvalue weighted by Crippen LogP contribution is -2.45. The molecule has 0 spiro atoms. The van der Waals surface area contributed by atoms with Gasteiger partial charge in [-0.25, -0.2) is 0 Å². The number of hydrogen-bond donors (Lipinski definition) is 1. The first-order chi connectivity index (χ1) is 16.9. The Labute approximate surface area is 236 Å². The van der Waals surface area contributed by atoms with E-state index in [9.17, 15) is 5.11 Å². The molecule has 1 aromatic carbocycles. The number of benzene rings is 1. The van der Waals surface area contributed by atoms with E-state index >= 15 is 0 Å². The Bertz CT molecular complexity index is 917. The average Bonchev–Trinajstić information content (AvgIpc) is 3.24. The molecule has 0 radical (unpaired) electrons. The minimum Gasteiger partial charge on any atom is -0.413 e. The summed E-state index contributed by atoms with van der Waals surface area (Å²) in [5.41, 5.74) is 1.33. The first-order valence-electron chi connectivity index (χ1n) is 14.0. The van der Waals surface area contributed by atoms with Crippen LogP contribution >= 0.6 is 15.9 Å². The zero-order chi connectivity index (χ0) is 27.8. The predicted molar refractivity (Wildman–Crippen MR) is 163 cm³/mol. The summed E-state index contributed by atoms with van der Waals surface area (Å²) in [6.45, 7) is 23.1. The van der Waals surface area contributed by atoms with Gasteiger partial charge in [0.2, 0.25) is 0 Å². The number of ether oxygens (including phenoxy) is 1. The summed E-state index contributed by atoms with van der Waals surface area (Å²) in [7, 11) is -3.90. The van der Waals surface area contributed by atoms with E-state index in [2.05, 4.69) is 120 Å². The Hall–Kier alpha value is -0.286. The maximum Gasteiger partial charge on any atom is 0.192 e. The predicted octanol–water partition coefficient (Wildman–Crippen LogP) is 8.46. The molecule has 1 N–H and O–H groups in total. The lowest BCUT2D eigenvalue weighted by atomic mass is 9.91. The third-order valence-electron chi connectivity index (χ3n) is 9.35. The minimum absolute atomic E-state index is 0.0457. The van der Waals surface area contributed by atoms with E-state index in [0.717, 1.165) is 23.7 Å². The molecule has 1 aliphatic carbocycles. The monoisotopic (exact) mass is 610 g/mol. The van der Waals surface area contributed by atoms with Gasteiger partial charge in [-0.1, -0.05) is 81.8 Å². The molecule has 1 aromatic rings. The van der Waals surface area contributed by atoms with Gasteiger partial charge in [0.15, 0.2) is 22.9 Å². The Kier molecular flexibility index (Phi) is 9.86. The number of aryl methyl sites for hydroxylation is 1. The van der Waals surface area contributed by atoms with Gasteiger partial charge in [0.05, 0.1) is 18.3 Å². The zero-order valence-electron chi connectivity index (χ0n) is 24.8. The summed E-state index contributed by atoms with van der Waals surface area (Å²) < 4.78 is 21.0. The number of hydrogen-bond acceptors (Lipinski definition) is 4. The summed E-state index contributed by atoms with van der Waals surface area (Å²) in [6, 6.07) is 8.61. The Morgan fingerprint density at radius 2 is 1.59 bits per heavy atom. The molecule has 0 amide bonds. The fourth-order valence-corrected chi connectivity index (χ4v) is 7.89. The molecule has 7 heteroatoms. The van der Waals surface area contributed by atoms with Gasteiger partial charge in [0.25, 0.3) is 0 Å². The van der Waals surface area contributed by atoms with Crippen LogP contribution in [0.3, 0.4) is 0 Å². The van der Waals surface area contributed by atoms with E-state index in [1.165, 1.54) is 5.56 Å². The van der Waals surface area contributed by atoms with Crippen molar-refractivity contribution in [2.75, 3.05) is 0 Å². The standard InChI is InChI=1S/C30H51BrO4Si2/c1-29(2,3)36(7,8)34-23(16-13-21-11-14-22(31)15-12-21)17-18-24-25-19-28(32)33-26(25)20-27(24)35-37(9,10)30(4,5)6/h11-12,14-15,17-18,23-28,32H,13,16,19-20H2,1-10H3/b18-17+/t23-,24-,25-,26+,27-,28?/m1/s1. The molecular weight excluding hydrogens is 560 g/mol. The van der Waals surface area contributed by atoms with Crippen LogP contribution in [0.15, 0.2) is 40.9 Å². The molecule has 0 aromatic heterocycles. The Morgan fingerprint density at radius 3 is 2.16 bits per heavy atom. The number of rotatable bonds is 9. The van der Waals surface area contributed by atoms with Crippen LogP contribution in [-0.2, 0) is 20.0 Å². The molecule has 37 heavy (non-hydrogen) atoms. The number of fused-ring (bicyclic) bond motifs is 1. The second kappa shape index (κ2) is 11.7. The van der Waals surface area contributed by atoms with E-state index in [-0.39, 0.29) is 34.3 Å². The quantitative estimate of drug-likeness (QED) is 0.225. The van der Waals surface area contributed by atoms with Crippen LogP contribution in [0.5, 0.6) is 0 Å². The van der Waals surface area contributed by atoms with Gasteiger partial charge in [-0.2, -0.15) is 0 Å². The highest BCUT2D eigenvalue weighted by molar-refractivity contribution is 9.10. The van der Waals surface area contributed by atoms with Crippen molar-refractivity contribution in [1.82, 2.24) is 0 Å². The highest BCUT2D eigenvalue weighted by Gasteiger charge is 2.51. The van der Waals surface area contributed by atoms with Gasteiger partial charge in [-0.3, -0.25) is 0 Å². The van der Waals surface area contributed by atoms with Crippen LogP contribution < -0.4 is 0 Å². The van der Waals surface area contributed by atoms with Crippen molar-refractivity contribution < 1.29 is 18.7 Å². The maximum atomic E-state index is 10.2. The highest BCUT2D eigenvalue weighted by Crippen LogP contribution is 2.48. The SMILES string of the molecule is CC(C)(C)[Si](C)(C)O[C@@H](/C=C/[C@@H]1[C@H]2CC(O)O[C@H]2C[C@H]1O[Si](C)(C)C(C)(C)C)CCc1ccc(Br)cc1. The second-order valence-electron chi connectivity index (χ2n) is 14.2. The topological polar surface area (TPSA) is 47.9 Å². The molecule has 2 aliphatic rings. The number of aliphatic hydroxyl groups excluding tert-OH is 1. The van der Waals surface area contributed by atoms with Crippen molar-refractivity contribution in [2.24, 2.45) is 11.8 Å². The molecule has 6 atom stereocenters. The third-order valence-corrected chi connectivity index (χ3v) is 18.9. The van der Waals surface area contributed by atoms with Gasteiger partial charge < -0.3 is 18.7 Å². The molecule has 1 aliphatic heterocycles. The van der Waals surface area contributed by atoms with Gasteiger partial charge in [0.1, 0.15) is 0 Å². The molecule has 2 fully saturated rings. The Morgan fingerprint density at radius 1 is 1.00 bits per heavy atom. The Balaban J connectivity index is 1.84. The first kappa shape index (κ1) is 31.2. The van der Waals surface area contributed by atoms with Gasteiger partial charge in [-0.15, -0.1) is 0 Å². The summed E-state index contributed by atoms with van der Waals surface area (Å²) in [6.07, 6.45) is 7.72. The van der Waals surface area contributed by atoms with Crippen LogP contribution in [0.1, 0.15) is 66.4 Å². The molecule has 4 nitrogen and oxygen atoms in total. The largest absolute Gasteiger partial charge is 0.413 e. The lowest BCUT2D eigenvalue weighted by Gasteiger charge is -2.40. The van der Waals surface area contributed by atoms with Crippen molar-refractivity contribution >= 4 is 32.6 Å². The van der Waals surface area contributed by atoms with Crippen molar-refractivity contribution in [3.05, 3.63) is 46.5 Å². The number of aliphatic hydroxyl groups is 1. The van der Waals surface area contributed by atoms with Crippen LogP contribution in [0.25, 0.3) is 0 Å². The molecule has 210 valence electrons.